The largest absolute Gasteiger partial charge is 0.379 e. The molecule has 0 aromatic heterocycles. The Kier molecular flexibility index (Phi) is 7.31. The van der Waals surface area contributed by atoms with Crippen molar-refractivity contribution in [1.29, 1.82) is 0 Å². The zero-order valence-electron chi connectivity index (χ0n) is 18.3. The van der Waals surface area contributed by atoms with Crippen LogP contribution in [0.2, 0.25) is 0 Å². The van der Waals surface area contributed by atoms with Gasteiger partial charge in [0.25, 0.3) is 0 Å². The monoisotopic (exact) mass is 449 g/mol. The summed E-state index contributed by atoms with van der Waals surface area (Å²) in [6.07, 6.45) is 7.09. The number of morpholine rings is 1. The number of carbonyl (C=O) groups is 1. The Morgan fingerprint density at radius 3 is 2.29 bits per heavy atom. The molecule has 7 nitrogen and oxygen atoms in total. The van der Waals surface area contributed by atoms with Gasteiger partial charge in [0.05, 0.1) is 18.1 Å². The second kappa shape index (κ2) is 9.98. The smallest absolute Gasteiger partial charge is 0.243 e. The third kappa shape index (κ3) is 5.13. The number of amides is 1. The van der Waals surface area contributed by atoms with E-state index in [-0.39, 0.29) is 17.4 Å². The van der Waals surface area contributed by atoms with Crippen molar-refractivity contribution in [3.63, 3.8) is 0 Å². The molecular formula is C23H35N3O4S. The first kappa shape index (κ1) is 22.7. The maximum Gasteiger partial charge on any atom is 0.243 e. The Labute approximate surface area is 186 Å². The molecule has 1 aromatic rings. The highest BCUT2D eigenvalue weighted by molar-refractivity contribution is 7.89. The number of nitrogens with zero attached hydrogens (tertiary/aromatic N) is 2. The van der Waals surface area contributed by atoms with Gasteiger partial charge >= 0.3 is 0 Å². The Bertz CT molecular complexity index is 826. The van der Waals surface area contributed by atoms with Crippen molar-refractivity contribution in [2.24, 2.45) is 5.92 Å². The molecule has 3 aliphatic rings. The third-order valence-corrected chi connectivity index (χ3v) is 9.18. The van der Waals surface area contributed by atoms with Gasteiger partial charge in [-0.3, -0.25) is 9.69 Å². The Balaban J connectivity index is 1.32. The molecular weight excluding hydrogens is 414 g/mol. The van der Waals surface area contributed by atoms with Gasteiger partial charge in [0, 0.05) is 44.2 Å². The number of carbonyl (C=O) groups excluding carboxylic acids is 1. The van der Waals surface area contributed by atoms with E-state index in [2.05, 4.69) is 10.2 Å². The molecule has 31 heavy (non-hydrogen) atoms. The minimum atomic E-state index is -3.48. The van der Waals surface area contributed by atoms with Crippen LogP contribution in [0.15, 0.2) is 35.2 Å². The zero-order chi connectivity index (χ0) is 21.7. The highest BCUT2D eigenvalue weighted by Gasteiger charge is 2.39. The average molecular weight is 450 g/mol. The van der Waals surface area contributed by atoms with Crippen LogP contribution in [0, 0.1) is 5.92 Å². The number of hydrogen-bond acceptors (Lipinski definition) is 5. The Hall–Kier alpha value is -1.48. The molecule has 1 aromatic carbocycles. The van der Waals surface area contributed by atoms with E-state index in [4.69, 9.17) is 4.74 Å². The molecule has 2 heterocycles. The number of rotatable bonds is 6. The normalized spacial score (nSPS) is 24.0. The predicted octanol–water partition coefficient (Wildman–Crippen LogP) is 2.24. The van der Waals surface area contributed by atoms with E-state index in [9.17, 15) is 13.2 Å². The highest BCUT2D eigenvalue weighted by atomic mass is 32.2. The van der Waals surface area contributed by atoms with Crippen LogP contribution in [0.5, 0.6) is 0 Å². The van der Waals surface area contributed by atoms with Gasteiger partial charge in [0.15, 0.2) is 0 Å². The second-order valence-corrected chi connectivity index (χ2v) is 11.0. The minimum Gasteiger partial charge on any atom is -0.379 e. The van der Waals surface area contributed by atoms with Gasteiger partial charge in [0.1, 0.15) is 0 Å². The molecule has 172 valence electrons. The van der Waals surface area contributed by atoms with E-state index in [1.165, 1.54) is 23.6 Å². The fourth-order valence-electron chi connectivity index (χ4n) is 5.35. The first-order valence-electron chi connectivity index (χ1n) is 11.7. The van der Waals surface area contributed by atoms with Crippen molar-refractivity contribution in [2.75, 3.05) is 45.9 Å². The molecule has 1 amide bonds. The number of sulfonamides is 1. The second-order valence-electron chi connectivity index (χ2n) is 9.09. The highest BCUT2D eigenvalue weighted by Crippen LogP contribution is 2.34. The average Bonchev–Trinajstić information content (AvgIpc) is 2.84. The quantitative estimate of drug-likeness (QED) is 0.721. The molecule has 1 N–H and O–H groups in total. The molecule has 2 aliphatic heterocycles. The number of nitrogens with one attached hydrogen (secondary N) is 1. The summed E-state index contributed by atoms with van der Waals surface area (Å²) in [5.41, 5.74) is 0.0506. The van der Waals surface area contributed by atoms with E-state index >= 15 is 0 Å². The van der Waals surface area contributed by atoms with E-state index < -0.39 is 10.0 Å². The number of benzene rings is 1. The van der Waals surface area contributed by atoms with Crippen molar-refractivity contribution in [3.05, 3.63) is 30.3 Å². The molecule has 0 spiro atoms. The first-order valence-corrected chi connectivity index (χ1v) is 13.1. The fraction of sp³-hybridized carbons (Fsp3) is 0.696. The summed E-state index contributed by atoms with van der Waals surface area (Å²) in [5.74, 6) is -0.0393. The standard InChI is InChI=1S/C23H35N3O4S/c27-22(24-19-23(11-5-2-6-12-23)25-15-17-30-18-16-25)20-9-13-26(14-10-20)31(28,29)21-7-3-1-4-8-21/h1,3-4,7-8,20H,2,5-6,9-19H2,(H,24,27). The van der Waals surface area contributed by atoms with Crippen LogP contribution in [-0.4, -0.2) is 75.0 Å². The molecule has 1 aliphatic carbocycles. The van der Waals surface area contributed by atoms with Crippen molar-refractivity contribution < 1.29 is 17.9 Å². The van der Waals surface area contributed by atoms with Crippen molar-refractivity contribution >= 4 is 15.9 Å². The number of ether oxygens (including phenoxy) is 1. The maximum absolute atomic E-state index is 13.0. The summed E-state index contributed by atoms with van der Waals surface area (Å²) in [6.45, 7) is 4.88. The first-order chi connectivity index (χ1) is 15.0. The van der Waals surface area contributed by atoms with E-state index in [1.54, 1.807) is 24.3 Å². The van der Waals surface area contributed by atoms with Crippen LogP contribution < -0.4 is 5.32 Å². The topological polar surface area (TPSA) is 79.0 Å². The van der Waals surface area contributed by atoms with Crippen LogP contribution in [0.3, 0.4) is 0 Å². The van der Waals surface area contributed by atoms with Crippen molar-refractivity contribution in [2.45, 2.75) is 55.4 Å². The summed E-state index contributed by atoms with van der Waals surface area (Å²) in [7, 11) is -3.48. The van der Waals surface area contributed by atoms with Gasteiger partial charge in [0.2, 0.25) is 15.9 Å². The van der Waals surface area contributed by atoms with Crippen molar-refractivity contribution in [1.82, 2.24) is 14.5 Å². The number of piperidine rings is 1. The fourth-order valence-corrected chi connectivity index (χ4v) is 6.84. The lowest BCUT2D eigenvalue weighted by Crippen LogP contribution is -2.60. The van der Waals surface area contributed by atoms with Crippen LogP contribution in [0.1, 0.15) is 44.9 Å². The molecule has 0 unspecified atom stereocenters. The summed E-state index contributed by atoms with van der Waals surface area (Å²) >= 11 is 0. The van der Waals surface area contributed by atoms with Crippen LogP contribution in [0.4, 0.5) is 0 Å². The summed E-state index contributed by atoms with van der Waals surface area (Å²) < 4.78 is 32.7. The SMILES string of the molecule is O=C(NCC1(N2CCOCC2)CCCCC1)C1CCN(S(=O)(=O)c2ccccc2)CC1. The maximum atomic E-state index is 13.0. The van der Waals surface area contributed by atoms with Gasteiger partial charge in [-0.15, -0.1) is 0 Å². The summed E-state index contributed by atoms with van der Waals surface area (Å²) in [5, 5.41) is 3.26. The van der Waals surface area contributed by atoms with Crippen molar-refractivity contribution in [3.8, 4) is 0 Å². The van der Waals surface area contributed by atoms with Gasteiger partial charge in [-0.25, -0.2) is 8.42 Å². The molecule has 8 heteroatoms. The van der Waals surface area contributed by atoms with E-state index in [0.29, 0.717) is 37.4 Å². The van der Waals surface area contributed by atoms with Crippen LogP contribution in [-0.2, 0) is 19.6 Å². The van der Waals surface area contributed by atoms with Gasteiger partial charge in [-0.2, -0.15) is 4.31 Å². The molecule has 4 rings (SSSR count). The van der Waals surface area contributed by atoms with E-state index in [1.807, 2.05) is 6.07 Å². The van der Waals surface area contributed by atoms with E-state index in [0.717, 1.165) is 39.1 Å². The Morgan fingerprint density at radius 2 is 1.65 bits per heavy atom. The summed E-state index contributed by atoms with van der Waals surface area (Å²) in [4.78, 5) is 15.8. The predicted molar refractivity (Wildman–Crippen MR) is 119 cm³/mol. The lowest BCUT2D eigenvalue weighted by molar-refractivity contribution is -0.127. The van der Waals surface area contributed by atoms with Gasteiger partial charge in [-0.05, 0) is 37.8 Å². The molecule has 0 radical (unpaired) electrons. The lowest BCUT2D eigenvalue weighted by atomic mass is 9.79. The van der Waals surface area contributed by atoms with Crippen LogP contribution >= 0.6 is 0 Å². The Morgan fingerprint density at radius 1 is 1.00 bits per heavy atom. The van der Waals surface area contributed by atoms with Gasteiger partial charge < -0.3 is 10.1 Å². The molecule has 1 saturated carbocycles. The molecule has 2 saturated heterocycles. The summed E-state index contributed by atoms with van der Waals surface area (Å²) in [6, 6.07) is 8.55. The molecule has 3 fully saturated rings. The zero-order valence-corrected chi connectivity index (χ0v) is 19.1. The molecule has 0 bridgehead atoms. The van der Waals surface area contributed by atoms with Gasteiger partial charge in [-0.1, -0.05) is 37.5 Å². The third-order valence-electron chi connectivity index (χ3n) is 7.26. The molecule has 0 atom stereocenters. The number of hydrogen-bond donors (Lipinski definition) is 1. The van der Waals surface area contributed by atoms with Crippen LogP contribution in [0.25, 0.3) is 0 Å². The lowest BCUT2D eigenvalue weighted by Gasteiger charge is -2.48. The minimum absolute atomic E-state index is 0.0506.